The van der Waals surface area contributed by atoms with Gasteiger partial charge in [0.05, 0.1) is 13.2 Å². The molecule has 0 aliphatic heterocycles. The Labute approximate surface area is 114 Å². The summed E-state index contributed by atoms with van der Waals surface area (Å²) in [6.07, 6.45) is 4.93. The van der Waals surface area contributed by atoms with Gasteiger partial charge in [-0.25, -0.2) is 0 Å². The van der Waals surface area contributed by atoms with E-state index in [0.29, 0.717) is 5.92 Å². The Balaban J connectivity index is 2.45. The number of thioether (sulfide) groups is 1. The molecule has 0 saturated carbocycles. The van der Waals surface area contributed by atoms with Crippen molar-refractivity contribution in [1.29, 1.82) is 0 Å². The molecular formula is C13H22O2S2. The van der Waals surface area contributed by atoms with E-state index in [2.05, 4.69) is 32.6 Å². The van der Waals surface area contributed by atoms with Crippen LogP contribution in [0.2, 0.25) is 0 Å². The van der Waals surface area contributed by atoms with Gasteiger partial charge in [-0.1, -0.05) is 26.0 Å². The molecule has 1 aliphatic rings. The van der Waals surface area contributed by atoms with Crippen LogP contribution < -0.4 is 0 Å². The average Bonchev–Trinajstić information content (AvgIpc) is 2.26. The summed E-state index contributed by atoms with van der Waals surface area (Å²) < 4.78 is 0.0541. The number of allylic oxidation sites excluding steroid dienone is 1. The molecule has 0 saturated heterocycles. The van der Waals surface area contributed by atoms with E-state index in [1.54, 1.807) is 0 Å². The van der Waals surface area contributed by atoms with E-state index in [1.165, 1.54) is 0 Å². The lowest BCUT2D eigenvalue weighted by Gasteiger charge is -2.22. The minimum Gasteiger partial charge on any atom is -0.392 e. The van der Waals surface area contributed by atoms with Crippen molar-refractivity contribution in [3.8, 4) is 0 Å². The van der Waals surface area contributed by atoms with Crippen molar-refractivity contribution >= 4 is 24.4 Å². The maximum absolute atomic E-state index is 9.18. The number of aliphatic hydroxyl groups excluding tert-OH is 2. The predicted octanol–water partition coefficient (Wildman–Crippen LogP) is 2.29. The van der Waals surface area contributed by atoms with E-state index in [1.807, 2.05) is 17.8 Å². The van der Waals surface area contributed by atoms with E-state index in [9.17, 15) is 5.11 Å². The van der Waals surface area contributed by atoms with Gasteiger partial charge < -0.3 is 10.2 Å². The fraction of sp³-hybridized carbons (Fsp3) is 0.692. The van der Waals surface area contributed by atoms with Gasteiger partial charge in [0.25, 0.3) is 0 Å². The summed E-state index contributed by atoms with van der Waals surface area (Å²) in [4.78, 5) is 0. The minimum atomic E-state index is 0.0541. The fourth-order valence-electron chi connectivity index (χ4n) is 1.84. The first-order valence-electron chi connectivity index (χ1n) is 5.86. The van der Waals surface area contributed by atoms with E-state index >= 15 is 0 Å². The Morgan fingerprint density at radius 2 is 2.12 bits per heavy atom. The van der Waals surface area contributed by atoms with Gasteiger partial charge >= 0.3 is 0 Å². The number of thiol groups is 1. The van der Waals surface area contributed by atoms with Crippen LogP contribution in [0.15, 0.2) is 23.3 Å². The van der Waals surface area contributed by atoms with Gasteiger partial charge in [-0.05, 0) is 29.2 Å². The van der Waals surface area contributed by atoms with Crippen LogP contribution in [0.1, 0.15) is 20.3 Å². The second-order valence-corrected chi connectivity index (χ2v) is 7.39. The highest BCUT2D eigenvalue weighted by Gasteiger charge is 2.17. The summed E-state index contributed by atoms with van der Waals surface area (Å²) in [5.41, 5.74) is 1.95. The summed E-state index contributed by atoms with van der Waals surface area (Å²) >= 11 is 6.38. The molecule has 1 rings (SSSR count). The Kier molecular flexibility index (Phi) is 6.13. The van der Waals surface area contributed by atoms with Crippen LogP contribution >= 0.6 is 24.4 Å². The summed E-state index contributed by atoms with van der Waals surface area (Å²) in [5.74, 6) is 2.45. The molecule has 1 aliphatic carbocycles. The Morgan fingerprint density at radius 3 is 2.65 bits per heavy atom. The number of hydrogen-bond acceptors (Lipinski definition) is 4. The monoisotopic (exact) mass is 274 g/mol. The lowest BCUT2D eigenvalue weighted by atomic mass is 9.92. The molecule has 0 heterocycles. The van der Waals surface area contributed by atoms with Crippen molar-refractivity contribution in [1.82, 2.24) is 0 Å². The molecular weight excluding hydrogens is 252 g/mol. The first kappa shape index (κ1) is 15.2. The second kappa shape index (κ2) is 6.88. The normalized spacial score (nSPS) is 21.1. The van der Waals surface area contributed by atoms with Crippen LogP contribution in [0.3, 0.4) is 0 Å². The molecule has 17 heavy (non-hydrogen) atoms. The molecule has 98 valence electrons. The lowest BCUT2D eigenvalue weighted by molar-refractivity contribution is 0.317. The van der Waals surface area contributed by atoms with Crippen molar-refractivity contribution < 1.29 is 10.2 Å². The Morgan fingerprint density at radius 1 is 1.41 bits per heavy atom. The second-order valence-electron chi connectivity index (χ2n) is 5.15. The molecule has 4 heteroatoms. The third-order valence-corrected chi connectivity index (χ3v) is 4.50. The summed E-state index contributed by atoms with van der Waals surface area (Å²) in [6, 6.07) is 0. The third kappa shape index (κ3) is 6.00. The van der Waals surface area contributed by atoms with Crippen LogP contribution in [0.25, 0.3) is 0 Å². The smallest absolute Gasteiger partial charge is 0.0678 e. The zero-order valence-electron chi connectivity index (χ0n) is 10.5. The summed E-state index contributed by atoms with van der Waals surface area (Å²) in [6.45, 7) is 4.37. The minimum absolute atomic E-state index is 0.0541. The number of aliphatic hydroxyl groups is 2. The molecule has 2 N–H and O–H groups in total. The number of hydrogen-bond donors (Lipinski definition) is 3. The predicted molar refractivity (Wildman–Crippen MR) is 78.8 cm³/mol. The Hall–Kier alpha value is 0.1000. The zero-order valence-corrected chi connectivity index (χ0v) is 12.2. The van der Waals surface area contributed by atoms with E-state index in [4.69, 9.17) is 5.11 Å². The first-order chi connectivity index (χ1) is 7.94. The van der Waals surface area contributed by atoms with Crippen LogP contribution in [-0.2, 0) is 0 Å². The van der Waals surface area contributed by atoms with Crippen LogP contribution in [0.5, 0.6) is 0 Å². The number of rotatable bonds is 6. The fourth-order valence-corrected chi connectivity index (χ4v) is 3.25. The van der Waals surface area contributed by atoms with E-state index in [-0.39, 0.29) is 18.0 Å². The van der Waals surface area contributed by atoms with Gasteiger partial charge in [0.2, 0.25) is 0 Å². The molecule has 0 aromatic heterocycles. The Bertz CT molecular complexity index is 303. The van der Waals surface area contributed by atoms with Gasteiger partial charge in [0.1, 0.15) is 0 Å². The third-order valence-electron chi connectivity index (χ3n) is 2.54. The quantitative estimate of drug-likeness (QED) is 0.651. The summed E-state index contributed by atoms with van der Waals surface area (Å²) in [7, 11) is 0. The highest BCUT2D eigenvalue weighted by atomic mass is 32.2. The average molecular weight is 274 g/mol. The van der Waals surface area contributed by atoms with Crippen LogP contribution in [-0.4, -0.2) is 39.7 Å². The molecule has 0 spiro atoms. The van der Waals surface area contributed by atoms with Crippen molar-refractivity contribution in [2.45, 2.75) is 25.0 Å². The van der Waals surface area contributed by atoms with Crippen LogP contribution in [0, 0.1) is 5.92 Å². The highest BCUT2D eigenvalue weighted by molar-refractivity contribution is 8.00. The molecule has 0 fully saturated rings. The van der Waals surface area contributed by atoms with Crippen molar-refractivity contribution in [3.63, 3.8) is 0 Å². The maximum Gasteiger partial charge on any atom is 0.0678 e. The van der Waals surface area contributed by atoms with E-state index < -0.39 is 0 Å². The topological polar surface area (TPSA) is 40.5 Å². The van der Waals surface area contributed by atoms with Gasteiger partial charge in [0.15, 0.2) is 0 Å². The first-order valence-corrected chi connectivity index (χ1v) is 7.47. The zero-order chi connectivity index (χ0) is 12.9. The highest BCUT2D eigenvalue weighted by Crippen LogP contribution is 2.27. The molecule has 0 radical (unpaired) electrons. The molecule has 0 aromatic carbocycles. The van der Waals surface area contributed by atoms with Crippen molar-refractivity contribution in [2.24, 2.45) is 5.92 Å². The molecule has 0 aromatic rings. The van der Waals surface area contributed by atoms with Gasteiger partial charge in [-0.3, -0.25) is 0 Å². The van der Waals surface area contributed by atoms with Gasteiger partial charge in [-0.15, -0.1) is 0 Å². The largest absolute Gasteiger partial charge is 0.392 e. The molecule has 2 nitrogen and oxygen atoms in total. The summed E-state index contributed by atoms with van der Waals surface area (Å²) in [5, 5.41) is 18.3. The van der Waals surface area contributed by atoms with Crippen molar-refractivity contribution in [2.75, 3.05) is 24.7 Å². The molecule has 1 atom stereocenters. The maximum atomic E-state index is 9.18. The van der Waals surface area contributed by atoms with Gasteiger partial charge in [0, 0.05) is 10.5 Å². The van der Waals surface area contributed by atoms with Gasteiger partial charge in [-0.2, -0.15) is 24.4 Å². The van der Waals surface area contributed by atoms with Crippen LogP contribution in [0.4, 0.5) is 0 Å². The SMILES string of the molecule is CC(C)(S)CSCC1C=C(CO)C=C(CO)C1. The molecule has 1 unspecified atom stereocenters. The van der Waals surface area contributed by atoms with Crippen molar-refractivity contribution in [3.05, 3.63) is 23.3 Å². The molecule has 0 bridgehead atoms. The molecule has 0 amide bonds. The lowest BCUT2D eigenvalue weighted by Crippen LogP contribution is -2.17. The van der Waals surface area contributed by atoms with E-state index in [0.717, 1.165) is 29.1 Å². The standard InChI is InChI=1S/C13H22O2S2/c1-13(2,16)9-17-8-12-4-10(6-14)3-11(5-12)7-15/h3-4,12,14-16H,5-9H2,1-2H3.